The maximum Gasteiger partial charge on any atom is 0.352 e. The Bertz CT molecular complexity index is 814. The predicted octanol–water partition coefficient (Wildman–Crippen LogP) is 1.60. The molecule has 2 N–H and O–H groups in total. The van der Waals surface area contributed by atoms with Gasteiger partial charge in [0.2, 0.25) is 0 Å². The zero-order valence-electron chi connectivity index (χ0n) is 14.3. The van der Waals surface area contributed by atoms with Gasteiger partial charge in [-0.15, -0.1) is 16.7 Å². The summed E-state index contributed by atoms with van der Waals surface area (Å²) < 4.78 is 0. The molecule has 3 rings (SSSR count). The fourth-order valence-corrected chi connectivity index (χ4v) is 5.16. The van der Waals surface area contributed by atoms with Crippen LogP contribution < -0.4 is 5.32 Å². The van der Waals surface area contributed by atoms with Gasteiger partial charge in [0.15, 0.2) is 6.04 Å². The van der Waals surface area contributed by atoms with Crippen LogP contribution in [0.15, 0.2) is 46.8 Å². The van der Waals surface area contributed by atoms with Crippen molar-refractivity contribution < 1.29 is 19.5 Å². The summed E-state index contributed by atoms with van der Waals surface area (Å²) in [6.07, 6.45) is 1.86. The van der Waals surface area contributed by atoms with Crippen molar-refractivity contribution in [3.8, 4) is 0 Å². The van der Waals surface area contributed by atoms with Crippen molar-refractivity contribution >= 4 is 41.3 Å². The van der Waals surface area contributed by atoms with Gasteiger partial charge in [-0.05, 0) is 17.4 Å². The molecule has 2 aliphatic rings. The number of nitrogens with one attached hydrogen (secondary N) is 1. The molecule has 0 bridgehead atoms. The number of thioether (sulfide) groups is 2. The van der Waals surface area contributed by atoms with Gasteiger partial charge in [0.25, 0.3) is 11.8 Å². The van der Waals surface area contributed by atoms with E-state index in [0.29, 0.717) is 22.6 Å². The van der Waals surface area contributed by atoms with Crippen LogP contribution in [0.25, 0.3) is 0 Å². The quantitative estimate of drug-likeness (QED) is 0.521. The molecule has 1 unspecified atom stereocenters. The average molecular weight is 407 g/mol. The summed E-state index contributed by atoms with van der Waals surface area (Å²) in [5, 5.41) is 14.4. The van der Waals surface area contributed by atoms with Crippen LogP contribution in [-0.2, 0) is 14.4 Å². The van der Waals surface area contributed by atoms with Gasteiger partial charge in [-0.1, -0.05) is 35.5 Å². The second kappa shape index (κ2) is 8.13. The summed E-state index contributed by atoms with van der Waals surface area (Å²) in [7, 11) is 0. The minimum atomic E-state index is -1.26. The number of carbonyl (C=O) groups excluding carboxylic acids is 2. The van der Waals surface area contributed by atoms with E-state index < -0.39 is 35.2 Å². The summed E-state index contributed by atoms with van der Waals surface area (Å²) in [6.45, 7) is 0. The molecule has 0 aliphatic carbocycles. The molecule has 0 radical (unpaired) electrons. The summed E-state index contributed by atoms with van der Waals surface area (Å²) in [4.78, 5) is 49.0. The number of carbonyl (C=O) groups is 3. The fourth-order valence-electron chi connectivity index (χ4n) is 3.10. The molecule has 27 heavy (non-hydrogen) atoms. The van der Waals surface area contributed by atoms with Crippen molar-refractivity contribution in [2.45, 2.75) is 17.5 Å². The third-order valence-electron chi connectivity index (χ3n) is 4.34. The van der Waals surface area contributed by atoms with Crippen LogP contribution in [0, 0.1) is 4.91 Å². The number of benzene rings is 1. The lowest BCUT2D eigenvalue weighted by molar-refractivity contribution is -0.150. The summed E-state index contributed by atoms with van der Waals surface area (Å²) in [6, 6.07) is 6.20. The molecule has 2 aliphatic heterocycles. The Morgan fingerprint density at radius 1 is 1.41 bits per heavy atom. The number of carboxylic acids is 1. The Morgan fingerprint density at radius 2 is 2.11 bits per heavy atom. The summed E-state index contributed by atoms with van der Waals surface area (Å²) in [5.41, 5.74) is 1.11. The van der Waals surface area contributed by atoms with Crippen molar-refractivity contribution in [2.24, 2.45) is 5.18 Å². The SMILES string of the molecule is CSCC1=C(C(=O)O)N2C(=O)[C@@H](NC(=O)C(N=O)c3ccccc3)[C@@H]2SC1. The zero-order chi connectivity index (χ0) is 19.6. The minimum absolute atomic E-state index is 0.00304. The Morgan fingerprint density at radius 3 is 2.70 bits per heavy atom. The number of nitroso groups, excluding NO2 is 1. The first-order chi connectivity index (χ1) is 13.0. The first-order valence-electron chi connectivity index (χ1n) is 8.06. The second-order valence-electron chi connectivity index (χ2n) is 6.01. The molecule has 2 heterocycles. The van der Waals surface area contributed by atoms with E-state index in [1.54, 1.807) is 30.3 Å². The molecule has 10 heteroatoms. The lowest BCUT2D eigenvalue weighted by atomic mass is 10.0. The highest BCUT2D eigenvalue weighted by atomic mass is 32.2. The van der Waals surface area contributed by atoms with Gasteiger partial charge < -0.3 is 10.4 Å². The van der Waals surface area contributed by atoms with Crippen LogP contribution in [0.2, 0.25) is 0 Å². The first-order valence-corrected chi connectivity index (χ1v) is 10.5. The highest BCUT2D eigenvalue weighted by Gasteiger charge is 2.54. The van der Waals surface area contributed by atoms with E-state index in [-0.39, 0.29) is 5.70 Å². The molecule has 0 spiro atoms. The number of nitrogens with zero attached hydrogens (tertiary/aromatic N) is 2. The lowest BCUT2D eigenvalue weighted by Gasteiger charge is -2.49. The maximum atomic E-state index is 12.5. The molecule has 1 fully saturated rings. The number of fused-ring (bicyclic) bond motifs is 1. The second-order valence-corrected chi connectivity index (χ2v) is 7.98. The minimum Gasteiger partial charge on any atom is -0.477 e. The van der Waals surface area contributed by atoms with Crippen LogP contribution in [0.4, 0.5) is 0 Å². The lowest BCUT2D eigenvalue weighted by Crippen LogP contribution is -2.70. The molecule has 0 saturated carbocycles. The van der Waals surface area contributed by atoms with E-state index in [0.717, 1.165) is 0 Å². The number of hydrogen-bond donors (Lipinski definition) is 2. The van der Waals surface area contributed by atoms with Gasteiger partial charge in [-0.3, -0.25) is 14.5 Å². The van der Waals surface area contributed by atoms with E-state index in [1.165, 1.54) is 28.4 Å². The molecule has 8 nitrogen and oxygen atoms in total. The van der Waals surface area contributed by atoms with Crippen LogP contribution in [0.3, 0.4) is 0 Å². The number of rotatable bonds is 7. The number of β-lactam (4-membered cyclic amide) rings is 1. The monoisotopic (exact) mass is 407 g/mol. The van der Waals surface area contributed by atoms with Gasteiger partial charge in [-0.2, -0.15) is 11.8 Å². The first kappa shape index (κ1) is 19.4. The van der Waals surface area contributed by atoms with Gasteiger partial charge in [0, 0.05) is 11.5 Å². The third kappa shape index (κ3) is 3.59. The van der Waals surface area contributed by atoms with Crippen molar-refractivity contribution in [1.29, 1.82) is 0 Å². The molecule has 3 atom stereocenters. The van der Waals surface area contributed by atoms with Crippen molar-refractivity contribution in [3.63, 3.8) is 0 Å². The molecule has 2 amide bonds. The van der Waals surface area contributed by atoms with E-state index >= 15 is 0 Å². The molecule has 0 aromatic heterocycles. The van der Waals surface area contributed by atoms with E-state index in [4.69, 9.17) is 0 Å². The normalized spacial score (nSPS) is 22.6. The molecular formula is C17H17N3O5S2. The molecular weight excluding hydrogens is 390 g/mol. The Kier molecular flexibility index (Phi) is 5.85. The van der Waals surface area contributed by atoms with Crippen LogP contribution in [0.5, 0.6) is 0 Å². The number of aliphatic carboxylic acids is 1. The van der Waals surface area contributed by atoms with Crippen molar-refractivity contribution in [1.82, 2.24) is 10.2 Å². The van der Waals surface area contributed by atoms with Crippen molar-refractivity contribution in [3.05, 3.63) is 52.1 Å². The maximum absolute atomic E-state index is 12.5. The summed E-state index contributed by atoms with van der Waals surface area (Å²) in [5.74, 6) is -1.33. The van der Waals surface area contributed by atoms with Crippen LogP contribution >= 0.6 is 23.5 Å². The molecule has 142 valence electrons. The largest absolute Gasteiger partial charge is 0.477 e. The predicted molar refractivity (Wildman–Crippen MR) is 103 cm³/mol. The van der Waals surface area contributed by atoms with Crippen LogP contribution in [-0.4, -0.2) is 57.0 Å². The standard InChI is InChI=1S/C17H17N3O5S2/c1-26-7-10-8-27-16-12(15(22)20(16)13(10)17(23)24)18-14(21)11(19-25)9-5-3-2-4-6-9/h2-6,11-12,16H,7-8H2,1H3,(H,18,21)(H,23,24)/t11?,12-,16+/m1/s1. The molecule has 1 saturated heterocycles. The molecule has 1 aromatic rings. The van der Waals surface area contributed by atoms with E-state index in [1.807, 2.05) is 6.26 Å². The number of hydrogen-bond acceptors (Lipinski definition) is 7. The fraction of sp³-hybridized carbons (Fsp3) is 0.353. The number of carboxylic acid groups (broad SMARTS) is 1. The van der Waals surface area contributed by atoms with Crippen molar-refractivity contribution in [2.75, 3.05) is 17.8 Å². The average Bonchev–Trinajstić information content (AvgIpc) is 2.67. The van der Waals surface area contributed by atoms with Gasteiger partial charge in [-0.25, -0.2) is 4.79 Å². The van der Waals surface area contributed by atoms with Gasteiger partial charge in [0.1, 0.15) is 17.1 Å². The zero-order valence-corrected chi connectivity index (χ0v) is 16.0. The Hall–Kier alpha value is -2.33. The van der Waals surface area contributed by atoms with E-state index in [9.17, 15) is 24.4 Å². The summed E-state index contributed by atoms with van der Waals surface area (Å²) >= 11 is 2.88. The van der Waals surface area contributed by atoms with Gasteiger partial charge in [0.05, 0.1) is 0 Å². The smallest absolute Gasteiger partial charge is 0.352 e. The Labute approximate surface area is 163 Å². The highest BCUT2D eigenvalue weighted by Crippen LogP contribution is 2.41. The van der Waals surface area contributed by atoms with E-state index in [2.05, 4.69) is 10.5 Å². The number of amides is 2. The molecule has 1 aromatic carbocycles. The highest BCUT2D eigenvalue weighted by molar-refractivity contribution is 8.00. The Balaban J connectivity index is 1.76. The third-order valence-corrected chi connectivity index (χ3v) is 6.31. The van der Waals surface area contributed by atoms with Crippen LogP contribution in [0.1, 0.15) is 11.6 Å². The topological polar surface area (TPSA) is 116 Å². The van der Waals surface area contributed by atoms with Gasteiger partial charge >= 0.3 is 5.97 Å².